The van der Waals surface area contributed by atoms with Crippen LogP contribution in [-0.2, 0) is 12.7 Å². The molecule has 0 saturated carbocycles. The van der Waals surface area contributed by atoms with E-state index in [4.69, 9.17) is 5.11 Å². The van der Waals surface area contributed by atoms with Gasteiger partial charge in [0.1, 0.15) is 0 Å². The molecule has 7 heteroatoms. The normalized spacial score (nSPS) is 12.3. The lowest BCUT2D eigenvalue weighted by molar-refractivity contribution is -0.138. The van der Waals surface area contributed by atoms with Gasteiger partial charge in [0, 0.05) is 23.0 Å². The predicted octanol–water partition coefficient (Wildman–Crippen LogP) is 3.69. The van der Waals surface area contributed by atoms with Crippen molar-refractivity contribution in [3.63, 3.8) is 0 Å². The number of aromatic nitrogens is 1. The van der Waals surface area contributed by atoms with E-state index in [1.807, 2.05) is 0 Å². The van der Waals surface area contributed by atoms with E-state index in [0.29, 0.717) is 0 Å². The zero-order valence-electron chi connectivity index (χ0n) is 11.7. The summed E-state index contributed by atoms with van der Waals surface area (Å²) < 4.78 is 38.9. The number of nitrogens with zero attached hydrogens (tertiary/aromatic N) is 2. The van der Waals surface area contributed by atoms with Crippen molar-refractivity contribution < 1.29 is 23.1 Å². The summed E-state index contributed by atoms with van der Waals surface area (Å²) in [6, 6.07) is 0.929. The van der Waals surface area contributed by atoms with Crippen molar-refractivity contribution in [3.05, 3.63) is 29.1 Å². The summed E-state index contributed by atoms with van der Waals surface area (Å²) in [5, 5.41) is 9.14. The van der Waals surface area contributed by atoms with E-state index in [1.165, 1.54) is 6.92 Å². The third kappa shape index (κ3) is 3.85. The molecule has 0 saturated heterocycles. The molecule has 0 unspecified atom stereocenters. The number of hydrogen-bond donors (Lipinski definition) is 1. The molecule has 1 N–H and O–H groups in total. The second-order valence-electron chi connectivity index (χ2n) is 5.52. The molecule has 0 aliphatic heterocycles. The summed E-state index contributed by atoms with van der Waals surface area (Å²) in [4.78, 5) is 16.0. The first-order valence-corrected chi connectivity index (χ1v) is 5.96. The van der Waals surface area contributed by atoms with Gasteiger partial charge in [-0.1, -0.05) is 0 Å². The molecule has 1 rings (SSSR count). The molecule has 4 nitrogen and oxygen atoms in total. The minimum absolute atomic E-state index is 0.152. The largest absolute Gasteiger partial charge is 0.465 e. The van der Waals surface area contributed by atoms with E-state index in [1.54, 1.807) is 20.8 Å². The molecule has 1 aromatic heterocycles. The van der Waals surface area contributed by atoms with E-state index < -0.39 is 23.4 Å². The van der Waals surface area contributed by atoms with Gasteiger partial charge in [0.05, 0.1) is 12.1 Å². The number of carbonyl (C=O) groups is 1. The molecule has 0 atom stereocenters. The molecule has 0 fully saturated rings. The van der Waals surface area contributed by atoms with Crippen LogP contribution in [-0.4, -0.2) is 26.6 Å². The zero-order valence-corrected chi connectivity index (χ0v) is 11.7. The molecule has 0 radical (unpaired) electrons. The number of aryl methyl sites for hydroxylation is 1. The number of halogens is 3. The van der Waals surface area contributed by atoms with Crippen molar-refractivity contribution in [2.24, 2.45) is 0 Å². The lowest BCUT2D eigenvalue weighted by Crippen LogP contribution is -2.44. The van der Waals surface area contributed by atoms with Gasteiger partial charge in [-0.05, 0) is 33.8 Å². The van der Waals surface area contributed by atoms with E-state index in [2.05, 4.69) is 4.98 Å². The average molecular weight is 290 g/mol. The fourth-order valence-corrected chi connectivity index (χ4v) is 1.74. The number of rotatable bonds is 2. The summed E-state index contributed by atoms with van der Waals surface area (Å²) in [5.74, 6) is 0. The first-order valence-electron chi connectivity index (χ1n) is 5.96. The van der Waals surface area contributed by atoms with Crippen molar-refractivity contribution in [2.45, 2.75) is 46.0 Å². The maximum atomic E-state index is 13.0. The first kappa shape index (κ1) is 16.3. The van der Waals surface area contributed by atoms with Crippen LogP contribution in [0.3, 0.4) is 0 Å². The Balaban J connectivity index is 3.24. The fraction of sp³-hybridized carbons (Fsp3) is 0.538. The van der Waals surface area contributed by atoms with Crippen molar-refractivity contribution in [3.8, 4) is 0 Å². The monoisotopic (exact) mass is 290 g/mol. The summed E-state index contributed by atoms with van der Waals surface area (Å²) in [6.45, 7) is 5.96. The van der Waals surface area contributed by atoms with E-state index in [-0.39, 0.29) is 17.8 Å². The number of alkyl halides is 3. The van der Waals surface area contributed by atoms with Gasteiger partial charge in [-0.15, -0.1) is 0 Å². The van der Waals surface area contributed by atoms with Crippen LogP contribution in [0.4, 0.5) is 18.0 Å². The Bertz CT molecular complexity index is 507. The highest BCUT2D eigenvalue weighted by molar-refractivity contribution is 5.66. The first-order chi connectivity index (χ1) is 8.93. The lowest BCUT2D eigenvalue weighted by atomic mass is 10.0. The van der Waals surface area contributed by atoms with Gasteiger partial charge in [-0.25, -0.2) is 4.79 Å². The highest BCUT2D eigenvalue weighted by Gasteiger charge is 2.36. The van der Waals surface area contributed by atoms with Gasteiger partial charge in [-0.2, -0.15) is 13.2 Å². The Kier molecular flexibility index (Phi) is 4.31. The fourth-order valence-electron chi connectivity index (χ4n) is 1.74. The van der Waals surface area contributed by atoms with Crippen molar-refractivity contribution >= 4 is 6.09 Å². The highest BCUT2D eigenvalue weighted by Crippen LogP contribution is 2.33. The molecule has 0 aliphatic carbocycles. The molecule has 1 amide bonds. The van der Waals surface area contributed by atoms with Crippen molar-refractivity contribution in [1.82, 2.24) is 9.88 Å². The summed E-state index contributed by atoms with van der Waals surface area (Å²) in [6.07, 6.45) is -4.73. The van der Waals surface area contributed by atoms with Crippen LogP contribution in [0.1, 0.15) is 37.6 Å². The SMILES string of the molecule is Cc1cc(C(F)(F)F)c(CN(C(=O)O)C(C)(C)C)cn1. The molecule has 0 spiro atoms. The lowest BCUT2D eigenvalue weighted by Gasteiger charge is -2.33. The Labute approximate surface area is 115 Å². The molecule has 112 valence electrons. The van der Waals surface area contributed by atoms with E-state index in [0.717, 1.165) is 17.2 Å². The molecular weight excluding hydrogens is 273 g/mol. The second kappa shape index (κ2) is 5.30. The highest BCUT2D eigenvalue weighted by atomic mass is 19.4. The molecule has 1 heterocycles. The summed E-state index contributed by atoms with van der Waals surface area (Å²) in [7, 11) is 0. The van der Waals surface area contributed by atoms with Gasteiger partial charge in [0.25, 0.3) is 0 Å². The number of pyridine rings is 1. The van der Waals surface area contributed by atoms with Gasteiger partial charge < -0.3 is 5.11 Å². The third-order valence-corrected chi connectivity index (χ3v) is 2.80. The summed E-state index contributed by atoms with van der Waals surface area (Å²) >= 11 is 0. The minimum atomic E-state index is -4.54. The Morgan fingerprint density at radius 2 is 1.90 bits per heavy atom. The molecule has 0 bridgehead atoms. The molecular formula is C13H17F3N2O2. The van der Waals surface area contributed by atoms with Crippen LogP contribution in [0.15, 0.2) is 12.3 Å². The van der Waals surface area contributed by atoms with Gasteiger partial charge in [0.2, 0.25) is 0 Å². The molecule has 20 heavy (non-hydrogen) atoms. The topological polar surface area (TPSA) is 53.4 Å². The van der Waals surface area contributed by atoms with Gasteiger partial charge in [0.15, 0.2) is 0 Å². The van der Waals surface area contributed by atoms with Crippen LogP contribution in [0.5, 0.6) is 0 Å². The molecule has 0 aromatic carbocycles. The average Bonchev–Trinajstić information content (AvgIpc) is 2.23. The number of hydrogen-bond acceptors (Lipinski definition) is 2. The van der Waals surface area contributed by atoms with Crippen LogP contribution < -0.4 is 0 Å². The summed E-state index contributed by atoms with van der Waals surface area (Å²) in [5.41, 5.74) is -1.57. The smallest absolute Gasteiger partial charge is 0.416 e. The maximum absolute atomic E-state index is 13.0. The van der Waals surface area contributed by atoms with Crippen LogP contribution >= 0.6 is 0 Å². The number of carboxylic acid groups (broad SMARTS) is 1. The van der Waals surface area contributed by atoms with E-state index >= 15 is 0 Å². The van der Waals surface area contributed by atoms with Crippen LogP contribution in [0, 0.1) is 6.92 Å². The maximum Gasteiger partial charge on any atom is 0.416 e. The van der Waals surface area contributed by atoms with Crippen LogP contribution in [0.25, 0.3) is 0 Å². The molecule has 1 aromatic rings. The number of amides is 1. The Hall–Kier alpha value is -1.79. The predicted molar refractivity (Wildman–Crippen MR) is 67.3 cm³/mol. The van der Waals surface area contributed by atoms with Crippen molar-refractivity contribution in [1.29, 1.82) is 0 Å². The van der Waals surface area contributed by atoms with Crippen molar-refractivity contribution in [2.75, 3.05) is 0 Å². The van der Waals surface area contributed by atoms with Gasteiger partial charge >= 0.3 is 12.3 Å². The zero-order chi connectivity index (χ0) is 15.7. The standard InChI is InChI=1S/C13H17F3N2O2/c1-8-5-10(13(14,15)16)9(6-17-8)7-18(11(19)20)12(2,3)4/h5-6H,7H2,1-4H3,(H,19,20). The quantitative estimate of drug-likeness (QED) is 0.903. The minimum Gasteiger partial charge on any atom is -0.465 e. The second-order valence-corrected chi connectivity index (χ2v) is 5.52. The Morgan fingerprint density at radius 1 is 1.35 bits per heavy atom. The van der Waals surface area contributed by atoms with E-state index in [9.17, 15) is 18.0 Å². The Morgan fingerprint density at radius 3 is 2.30 bits per heavy atom. The van der Waals surface area contributed by atoms with Crippen LogP contribution in [0.2, 0.25) is 0 Å². The van der Waals surface area contributed by atoms with Gasteiger partial charge in [-0.3, -0.25) is 9.88 Å². The third-order valence-electron chi connectivity index (χ3n) is 2.80. The molecule has 0 aliphatic rings.